The molecule has 0 saturated heterocycles. The van der Waals surface area contributed by atoms with Gasteiger partial charge in [-0.2, -0.15) is 5.10 Å². The van der Waals surface area contributed by atoms with Crippen molar-refractivity contribution in [1.29, 1.82) is 0 Å². The van der Waals surface area contributed by atoms with Crippen LogP contribution in [-0.4, -0.2) is 15.2 Å². The Hall–Kier alpha value is -2.07. The summed E-state index contributed by atoms with van der Waals surface area (Å²) in [6.45, 7) is 2.53. The smallest absolute Gasteiger partial charge is 0.0974 e. The van der Waals surface area contributed by atoms with E-state index in [0.29, 0.717) is 6.54 Å². The van der Waals surface area contributed by atoms with E-state index in [2.05, 4.69) is 27.3 Å². The van der Waals surface area contributed by atoms with Crippen LogP contribution in [0.1, 0.15) is 11.3 Å². The first-order chi connectivity index (χ1) is 8.31. The molecule has 3 rings (SSSR count). The number of aromatic amines is 2. The normalized spacial score (nSPS) is 11.2. The van der Waals surface area contributed by atoms with Crippen LogP contribution in [0.4, 0.5) is 0 Å². The van der Waals surface area contributed by atoms with E-state index < -0.39 is 0 Å². The Bertz CT molecular complexity index is 663. The summed E-state index contributed by atoms with van der Waals surface area (Å²) in [6.07, 6.45) is 1.99. The summed E-state index contributed by atoms with van der Waals surface area (Å²) in [4.78, 5) is 3.26. The van der Waals surface area contributed by atoms with Crippen LogP contribution in [-0.2, 0) is 6.54 Å². The molecule has 3 aromatic rings. The van der Waals surface area contributed by atoms with Gasteiger partial charge in [0, 0.05) is 29.2 Å². The highest BCUT2D eigenvalue weighted by atomic mass is 15.1. The molecule has 0 saturated carbocycles. The van der Waals surface area contributed by atoms with Crippen LogP contribution < -0.4 is 5.73 Å². The maximum Gasteiger partial charge on any atom is 0.0974 e. The molecule has 0 atom stereocenters. The number of rotatable bonds is 2. The van der Waals surface area contributed by atoms with Crippen molar-refractivity contribution in [2.45, 2.75) is 13.5 Å². The van der Waals surface area contributed by atoms with E-state index in [1.54, 1.807) is 0 Å². The second kappa shape index (κ2) is 3.75. The summed E-state index contributed by atoms with van der Waals surface area (Å²) >= 11 is 0. The molecular formula is C13H14N4. The third-order valence-electron chi connectivity index (χ3n) is 3.16. The molecule has 2 heterocycles. The molecule has 4 N–H and O–H groups in total. The first-order valence-electron chi connectivity index (χ1n) is 5.61. The van der Waals surface area contributed by atoms with Gasteiger partial charge in [0.2, 0.25) is 0 Å². The summed E-state index contributed by atoms with van der Waals surface area (Å²) in [5.41, 5.74) is 11.0. The average molecular weight is 226 g/mol. The number of nitrogens with zero attached hydrogens (tertiary/aromatic N) is 1. The molecule has 0 aliphatic carbocycles. The van der Waals surface area contributed by atoms with Gasteiger partial charge in [-0.05, 0) is 18.6 Å². The zero-order valence-electron chi connectivity index (χ0n) is 9.62. The maximum atomic E-state index is 5.65. The van der Waals surface area contributed by atoms with Crippen LogP contribution in [0, 0.1) is 6.92 Å². The lowest BCUT2D eigenvalue weighted by atomic mass is 10.1. The van der Waals surface area contributed by atoms with Crippen molar-refractivity contribution in [3.8, 4) is 11.3 Å². The molecule has 0 amide bonds. The molecule has 0 radical (unpaired) electrons. The van der Waals surface area contributed by atoms with Crippen LogP contribution in [0.3, 0.4) is 0 Å². The first-order valence-corrected chi connectivity index (χ1v) is 5.61. The minimum absolute atomic E-state index is 0.487. The SMILES string of the molecule is Cc1c(-c2c[nH]c3ccccc23)n[nH]c1CN. The highest BCUT2D eigenvalue weighted by Gasteiger charge is 2.13. The largest absolute Gasteiger partial charge is 0.360 e. The standard InChI is InChI=1S/C13H14N4/c1-8-12(6-14)16-17-13(8)10-7-15-11-5-3-2-4-9(10)11/h2-5,7,15H,6,14H2,1H3,(H,16,17). The minimum Gasteiger partial charge on any atom is -0.360 e. The van der Waals surface area contributed by atoms with Crippen LogP contribution in [0.15, 0.2) is 30.5 Å². The van der Waals surface area contributed by atoms with Crippen molar-refractivity contribution in [2.24, 2.45) is 5.73 Å². The summed E-state index contributed by atoms with van der Waals surface area (Å²) in [6, 6.07) is 8.21. The Labute approximate surface area is 98.8 Å². The van der Waals surface area contributed by atoms with Crippen molar-refractivity contribution in [2.75, 3.05) is 0 Å². The number of H-pyrrole nitrogens is 2. The van der Waals surface area contributed by atoms with E-state index in [0.717, 1.165) is 28.0 Å². The molecular weight excluding hydrogens is 212 g/mol. The van der Waals surface area contributed by atoms with Gasteiger partial charge in [0.25, 0.3) is 0 Å². The fourth-order valence-corrected chi connectivity index (χ4v) is 2.16. The number of benzene rings is 1. The molecule has 4 heteroatoms. The molecule has 0 spiro atoms. The summed E-state index contributed by atoms with van der Waals surface area (Å²) < 4.78 is 0. The van der Waals surface area contributed by atoms with Crippen LogP contribution in [0.2, 0.25) is 0 Å². The van der Waals surface area contributed by atoms with Crippen molar-refractivity contribution >= 4 is 10.9 Å². The minimum atomic E-state index is 0.487. The monoisotopic (exact) mass is 226 g/mol. The molecule has 0 bridgehead atoms. The molecule has 0 aliphatic rings. The quantitative estimate of drug-likeness (QED) is 0.627. The second-order valence-corrected chi connectivity index (χ2v) is 4.13. The average Bonchev–Trinajstić information content (AvgIpc) is 2.92. The number of aromatic nitrogens is 3. The van der Waals surface area contributed by atoms with E-state index in [1.807, 2.05) is 25.3 Å². The van der Waals surface area contributed by atoms with E-state index in [9.17, 15) is 0 Å². The van der Waals surface area contributed by atoms with Crippen LogP contribution >= 0.6 is 0 Å². The topological polar surface area (TPSA) is 70.5 Å². The van der Waals surface area contributed by atoms with Crippen molar-refractivity contribution < 1.29 is 0 Å². The van der Waals surface area contributed by atoms with Gasteiger partial charge >= 0.3 is 0 Å². The number of hydrogen-bond donors (Lipinski definition) is 3. The van der Waals surface area contributed by atoms with E-state index in [-0.39, 0.29) is 0 Å². The van der Waals surface area contributed by atoms with Crippen LogP contribution in [0.25, 0.3) is 22.2 Å². The summed E-state index contributed by atoms with van der Waals surface area (Å²) in [5, 5.41) is 8.53. The number of fused-ring (bicyclic) bond motifs is 1. The zero-order valence-corrected chi connectivity index (χ0v) is 9.62. The van der Waals surface area contributed by atoms with Crippen LogP contribution in [0.5, 0.6) is 0 Å². The van der Waals surface area contributed by atoms with Gasteiger partial charge in [-0.3, -0.25) is 5.10 Å². The highest BCUT2D eigenvalue weighted by Crippen LogP contribution is 2.30. The van der Waals surface area contributed by atoms with Gasteiger partial charge in [0.05, 0.1) is 11.4 Å². The molecule has 86 valence electrons. The Morgan fingerprint density at radius 2 is 2.12 bits per heavy atom. The van der Waals surface area contributed by atoms with E-state index in [4.69, 9.17) is 5.73 Å². The Morgan fingerprint density at radius 3 is 2.88 bits per heavy atom. The fourth-order valence-electron chi connectivity index (χ4n) is 2.16. The predicted octanol–water partition coefficient (Wildman–Crippen LogP) is 2.33. The number of hydrogen-bond acceptors (Lipinski definition) is 2. The number of para-hydroxylation sites is 1. The number of nitrogens with two attached hydrogens (primary N) is 1. The third-order valence-corrected chi connectivity index (χ3v) is 3.16. The van der Waals surface area contributed by atoms with Gasteiger partial charge in [-0.1, -0.05) is 18.2 Å². The Kier molecular flexibility index (Phi) is 2.23. The highest BCUT2D eigenvalue weighted by molar-refractivity contribution is 5.95. The van der Waals surface area contributed by atoms with Gasteiger partial charge in [-0.25, -0.2) is 0 Å². The maximum absolute atomic E-state index is 5.65. The summed E-state index contributed by atoms with van der Waals surface area (Å²) in [7, 11) is 0. The molecule has 2 aromatic heterocycles. The second-order valence-electron chi connectivity index (χ2n) is 4.13. The lowest BCUT2D eigenvalue weighted by Crippen LogP contribution is -1.98. The lowest BCUT2D eigenvalue weighted by molar-refractivity contribution is 0.941. The van der Waals surface area contributed by atoms with E-state index in [1.165, 1.54) is 5.39 Å². The summed E-state index contributed by atoms with van der Waals surface area (Å²) in [5.74, 6) is 0. The van der Waals surface area contributed by atoms with Crippen molar-refractivity contribution in [3.05, 3.63) is 41.7 Å². The van der Waals surface area contributed by atoms with Crippen molar-refractivity contribution in [3.63, 3.8) is 0 Å². The first kappa shape index (κ1) is 10.1. The predicted molar refractivity (Wildman–Crippen MR) is 68.5 cm³/mol. The van der Waals surface area contributed by atoms with Gasteiger partial charge in [0.1, 0.15) is 0 Å². The molecule has 0 unspecified atom stereocenters. The Morgan fingerprint density at radius 1 is 1.29 bits per heavy atom. The number of nitrogens with one attached hydrogen (secondary N) is 2. The fraction of sp³-hybridized carbons (Fsp3) is 0.154. The van der Waals surface area contributed by atoms with Gasteiger partial charge < -0.3 is 10.7 Å². The third kappa shape index (κ3) is 1.45. The molecule has 0 aliphatic heterocycles. The Balaban J connectivity index is 2.24. The molecule has 17 heavy (non-hydrogen) atoms. The molecule has 4 nitrogen and oxygen atoms in total. The zero-order chi connectivity index (χ0) is 11.8. The molecule has 1 aromatic carbocycles. The van der Waals surface area contributed by atoms with E-state index >= 15 is 0 Å². The van der Waals surface area contributed by atoms with Crippen molar-refractivity contribution in [1.82, 2.24) is 15.2 Å². The van der Waals surface area contributed by atoms with Gasteiger partial charge in [0.15, 0.2) is 0 Å². The van der Waals surface area contributed by atoms with Gasteiger partial charge in [-0.15, -0.1) is 0 Å². The molecule has 0 fully saturated rings. The lowest BCUT2D eigenvalue weighted by Gasteiger charge is -1.97.